The van der Waals surface area contributed by atoms with E-state index in [9.17, 15) is 13.5 Å². The highest BCUT2D eigenvalue weighted by Gasteiger charge is 2.48. The van der Waals surface area contributed by atoms with Crippen molar-refractivity contribution in [1.82, 2.24) is 4.31 Å². The second-order valence-corrected chi connectivity index (χ2v) is 10.8. The van der Waals surface area contributed by atoms with Crippen molar-refractivity contribution in [2.24, 2.45) is 5.92 Å². The van der Waals surface area contributed by atoms with E-state index < -0.39 is 16.1 Å². The minimum atomic E-state index is -3.77. The Morgan fingerprint density at radius 2 is 1.69 bits per heavy atom. The zero-order valence-electron chi connectivity index (χ0n) is 20.1. The number of anilines is 1. The zero-order valence-corrected chi connectivity index (χ0v) is 21.0. The molecule has 0 radical (unpaired) electrons. The number of rotatable bonds is 5. The maximum atomic E-state index is 13.7. The van der Waals surface area contributed by atoms with Gasteiger partial charge in [0.05, 0.1) is 37.8 Å². The van der Waals surface area contributed by atoms with Crippen LogP contribution in [0.5, 0.6) is 11.5 Å². The van der Waals surface area contributed by atoms with Crippen LogP contribution in [0.15, 0.2) is 71.6 Å². The number of ether oxygens (including phenoxy) is 2. The summed E-state index contributed by atoms with van der Waals surface area (Å²) >= 11 is 0. The molecule has 2 heterocycles. The zero-order chi connectivity index (χ0) is 25.3. The lowest BCUT2D eigenvalue weighted by Crippen LogP contribution is -2.42. The first-order chi connectivity index (χ1) is 17.4. The first kappa shape index (κ1) is 24.2. The van der Waals surface area contributed by atoms with Crippen molar-refractivity contribution >= 4 is 15.7 Å². The van der Waals surface area contributed by atoms with E-state index in [1.165, 1.54) is 0 Å². The highest BCUT2D eigenvalue weighted by molar-refractivity contribution is 7.89. The number of nitrogens with zero attached hydrogens (tertiary/aromatic N) is 1. The van der Waals surface area contributed by atoms with Crippen LogP contribution in [0.2, 0.25) is 0 Å². The van der Waals surface area contributed by atoms with Crippen molar-refractivity contribution in [1.29, 1.82) is 0 Å². The number of hydrogen-bond donors (Lipinski definition) is 2. The number of methoxy groups -OCH3 is 2. The molecule has 186 valence electrons. The van der Waals surface area contributed by atoms with E-state index in [1.807, 2.05) is 42.5 Å². The van der Waals surface area contributed by atoms with Crippen LogP contribution in [-0.4, -0.2) is 51.2 Å². The summed E-state index contributed by atoms with van der Waals surface area (Å²) in [6, 6.07) is 19.1. The predicted molar refractivity (Wildman–Crippen MR) is 138 cm³/mol. The molecule has 3 aromatic rings. The number of sulfonamides is 1. The molecule has 2 aliphatic heterocycles. The fourth-order valence-corrected chi connectivity index (χ4v) is 6.76. The first-order valence-corrected chi connectivity index (χ1v) is 13.2. The molecular weight excluding hydrogens is 476 g/mol. The Morgan fingerprint density at radius 1 is 0.972 bits per heavy atom. The number of aliphatic hydroxyl groups excluding tert-OH is 1. The molecule has 3 aromatic carbocycles. The Kier molecular flexibility index (Phi) is 6.63. The maximum absolute atomic E-state index is 13.7. The van der Waals surface area contributed by atoms with Gasteiger partial charge in [-0.05, 0) is 72.6 Å². The van der Waals surface area contributed by atoms with Crippen LogP contribution in [0.4, 0.5) is 5.69 Å². The lowest BCUT2D eigenvalue weighted by Gasteiger charge is -2.38. The molecule has 0 aromatic heterocycles. The lowest BCUT2D eigenvalue weighted by atomic mass is 9.83. The fourth-order valence-electron chi connectivity index (χ4n) is 5.10. The Morgan fingerprint density at radius 3 is 2.39 bits per heavy atom. The van der Waals surface area contributed by atoms with Crippen molar-refractivity contribution in [3.8, 4) is 23.3 Å². The molecule has 0 unspecified atom stereocenters. The van der Waals surface area contributed by atoms with Crippen molar-refractivity contribution < 1.29 is 23.0 Å². The average Bonchev–Trinajstić information content (AvgIpc) is 3.38. The van der Waals surface area contributed by atoms with Gasteiger partial charge in [-0.15, -0.1) is 0 Å². The van der Waals surface area contributed by atoms with Crippen LogP contribution < -0.4 is 14.8 Å². The van der Waals surface area contributed by atoms with Gasteiger partial charge in [0.25, 0.3) is 0 Å². The molecule has 0 spiro atoms. The third-order valence-corrected chi connectivity index (χ3v) is 8.81. The van der Waals surface area contributed by atoms with Crippen molar-refractivity contribution in [3.63, 3.8) is 0 Å². The second kappa shape index (κ2) is 9.86. The van der Waals surface area contributed by atoms with Crippen LogP contribution in [0.3, 0.4) is 0 Å². The summed E-state index contributed by atoms with van der Waals surface area (Å²) in [4.78, 5) is 0.221. The van der Waals surface area contributed by atoms with E-state index in [0.717, 1.165) is 28.1 Å². The van der Waals surface area contributed by atoms with Gasteiger partial charge in [-0.2, -0.15) is 4.31 Å². The molecule has 2 aliphatic rings. The minimum absolute atomic E-state index is 0.0582. The Bertz CT molecular complexity index is 1430. The van der Waals surface area contributed by atoms with Gasteiger partial charge in [0.15, 0.2) is 0 Å². The van der Waals surface area contributed by atoms with Crippen LogP contribution >= 0.6 is 0 Å². The van der Waals surface area contributed by atoms with E-state index in [-0.39, 0.29) is 23.5 Å². The topological polar surface area (TPSA) is 88.1 Å². The van der Waals surface area contributed by atoms with Gasteiger partial charge in [-0.3, -0.25) is 0 Å². The molecule has 7 nitrogen and oxygen atoms in total. The molecule has 5 rings (SSSR count). The number of nitrogens with one attached hydrogen (secondary N) is 1. The second-order valence-electron chi connectivity index (χ2n) is 8.91. The summed E-state index contributed by atoms with van der Waals surface area (Å²) in [6.07, 6.45) is 0.650. The molecular formula is C28H28N2O5S. The highest BCUT2D eigenvalue weighted by atomic mass is 32.2. The number of aliphatic hydroxyl groups is 1. The third kappa shape index (κ3) is 4.42. The van der Waals surface area contributed by atoms with Gasteiger partial charge < -0.3 is 19.9 Å². The van der Waals surface area contributed by atoms with E-state index in [2.05, 4.69) is 17.2 Å². The fraction of sp³-hybridized carbons (Fsp3) is 0.286. The third-order valence-electron chi connectivity index (χ3n) is 6.91. The SMILES string of the molecule is COc1ccc(S(=O)(=O)N2CC[C@@H]3[C@H]2c2cc(C#Cc4cccc(OC)c4)ccc2N[C@@H]3CO)cc1. The monoisotopic (exact) mass is 504 g/mol. The summed E-state index contributed by atoms with van der Waals surface area (Å²) in [5, 5.41) is 13.5. The van der Waals surface area contributed by atoms with E-state index in [4.69, 9.17) is 9.47 Å². The largest absolute Gasteiger partial charge is 0.497 e. The van der Waals surface area contributed by atoms with Crippen LogP contribution in [-0.2, 0) is 10.0 Å². The van der Waals surface area contributed by atoms with Crippen LogP contribution in [0, 0.1) is 17.8 Å². The van der Waals surface area contributed by atoms with Gasteiger partial charge in [0.2, 0.25) is 10.0 Å². The predicted octanol–water partition coefficient (Wildman–Crippen LogP) is 3.64. The summed E-state index contributed by atoms with van der Waals surface area (Å²) < 4.78 is 39.5. The minimum Gasteiger partial charge on any atom is -0.497 e. The quantitative estimate of drug-likeness (QED) is 0.516. The number of fused-ring (bicyclic) bond motifs is 3. The molecule has 3 atom stereocenters. The summed E-state index contributed by atoms with van der Waals surface area (Å²) in [7, 11) is -0.602. The Hall–Kier alpha value is -3.51. The average molecular weight is 505 g/mol. The van der Waals surface area contributed by atoms with Gasteiger partial charge in [-0.25, -0.2) is 8.42 Å². The van der Waals surface area contributed by atoms with Gasteiger partial charge in [0, 0.05) is 29.3 Å². The smallest absolute Gasteiger partial charge is 0.243 e. The maximum Gasteiger partial charge on any atom is 0.243 e. The Labute approximate surface area is 211 Å². The number of hydrogen-bond acceptors (Lipinski definition) is 6. The van der Waals surface area contributed by atoms with Crippen molar-refractivity contribution in [2.45, 2.75) is 23.4 Å². The van der Waals surface area contributed by atoms with Gasteiger partial charge in [-0.1, -0.05) is 17.9 Å². The molecule has 36 heavy (non-hydrogen) atoms. The Balaban J connectivity index is 1.53. The lowest BCUT2D eigenvalue weighted by molar-refractivity contribution is 0.210. The highest BCUT2D eigenvalue weighted by Crippen LogP contribution is 2.48. The van der Waals surface area contributed by atoms with Crippen molar-refractivity contribution in [2.75, 3.05) is 32.7 Å². The molecule has 8 heteroatoms. The summed E-state index contributed by atoms with van der Waals surface area (Å²) in [5.74, 6) is 7.64. The standard InChI is InChI=1S/C28H28N2O5S/c1-34-21-9-11-23(12-10-21)36(32,33)30-15-14-24-27(18-31)29-26-13-8-20(17-25(26)28(24)30)7-6-19-4-3-5-22(16-19)35-2/h3-5,8-13,16-17,24,27-29,31H,14-15,18H2,1-2H3/t24-,27+,28-/m0/s1. The molecule has 0 saturated carbocycles. The first-order valence-electron chi connectivity index (χ1n) is 11.8. The van der Waals surface area contributed by atoms with Gasteiger partial charge >= 0.3 is 0 Å². The van der Waals surface area contributed by atoms with E-state index in [0.29, 0.717) is 18.7 Å². The molecule has 1 saturated heterocycles. The van der Waals surface area contributed by atoms with Crippen molar-refractivity contribution in [3.05, 3.63) is 83.4 Å². The summed E-state index contributed by atoms with van der Waals surface area (Å²) in [5.41, 5.74) is 3.30. The van der Waals surface area contributed by atoms with E-state index in [1.54, 1.807) is 42.8 Å². The normalized spacial score (nSPS) is 20.9. The van der Waals surface area contributed by atoms with Crippen LogP contribution in [0.25, 0.3) is 0 Å². The molecule has 1 fully saturated rings. The van der Waals surface area contributed by atoms with Crippen LogP contribution in [0.1, 0.15) is 29.2 Å². The number of benzene rings is 3. The van der Waals surface area contributed by atoms with Gasteiger partial charge in [0.1, 0.15) is 11.5 Å². The molecule has 0 amide bonds. The molecule has 0 bridgehead atoms. The molecule has 2 N–H and O–H groups in total. The van der Waals surface area contributed by atoms with E-state index >= 15 is 0 Å². The summed E-state index contributed by atoms with van der Waals surface area (Å²) in [6.45, 7) is 0.301. The molecule has 0 aliphatic carbocycles.